The van der Waals surface area contributed by atoms with Gasteiger partial charge in [0.2, 0.25) is 0 Å². The molecule has 1 aromatic heterocycles. The minimum absolute atomic E-state index is 0.403. The zero-order chi connectivity index (χ0) is 13.8. The van der Waals surface area contributed by atoms with Gasteiger partial charge >= 0.3 is 0 Å². The summed E-state index contributed by atoms with van der Waals surface area (Å²) < 4.78 is 3.22. The Labute approximate surface area is 127 Å². The highest BCUT2D eigenvalue weighted by Crippen LogP contribution is 2.16. The van der Waals surface area contributed by atoms with Gasteiger partial charge in [-0.1, -0.05) is 41.9 Å². The van der Waals surface area contributed by atoms with E-state index >= 15 is 0 Å². The summed E-state index contributed by atoms with van der Waals surface area (Å²) in [6, 6.07) is 8.28. The Kier molecular flexibility index (Phi) is 4.99. The van der Waals surface area contributed by atoms with Crippen LogP contribution in [0.5, 0.6) is 0 Å². The molecular formula is C14H17BrClN3. The molecule has 0 saturated heterocycles. The van der Waals surface area contributed by atoms with Crippen LogP contribution in [0.25, 0.3) is 0 Å². The van der Waals surface area contributed by atoms with E-state index in [1.807, 2.05) is 12.1 Å². The number of alkyl halides is 1. The number of halogens is 2. The average molecular weight is 343 g/mol. The smallest absolute Gasteiger partial charge is 0.147 e. The molecule has 19 heavy (non-hydrogen) atoms. The van der Waals surface area contributed by atoms with Crippen molar-refractivity contribution < 1.29 is 0 Å². The third-order valence-corrected chi connectivity index (χ3v) is 3.61. The molecule has 0 saturated carbocycles. The molecule has 0 aliphatic rings. The van der Waals surface area contributed by atoms with Crippen LogP contribution < -0.4 is 0 Å². The number of benzene rings is 1. The van der Waals surface area contributed by atoms with Crippen molar-refractivity contribution in [3.8, 4) is 0 Å². The predicted molar refractivity (Wildman–Crippen MR) is 81.4 cm³/mol. The Morgan fingerprint density at radius 3 is 2.37 bits per heavy atom. The molecular weight excluding hydrogens is 326 g/mol. The van der Waals surface area contributed by atoms with Crippen LogP contribution in [0.1, 0.15) is 31.1 Å². The lowest BCUT2D eigenvalue weighted by Gasteiger charge is -2.11. The molecule has 2 rings (SSSR count). The van der Waals surface area contributed by atoms with E-state index < -0.39 is 0 Å². The third kappa shape index (κ3) is 3.80. The van der Waals surface area contributed by atoms with Crippen LogP contribution in [0.2, 0.25) is 0 Å². The first-order valence-electron chi connectivity index (χ1n) is 6.31. The highest BCUT2D eigenvalue weighted by Gasteiger charge is 2.12. The van der Waals surface area contributed by atoms with Crippen molar-refractivity contribution in [1.82, 2.24) is 14.8 Å². The zero-order valence-corrected chi connectivity index (χ0v) is 13.4. The summed E-state index contributed by atoms with van der Waals surface area (Å²) in [5, 5.41) is 8.45. The lowest BCUT2D eigenvalue weighted by atomic mass is 10.1. The minimum Gasteiger partial charge on any atom is -0.313 e. The van der Waals surface area contributed by atoms with Crippen LogP contribution in [0.4, 0.5) is 0 Å². The maximum absolute atomic E-state index is 5.92. The summed E-state index contributed by atoms with van der Waals surface area (Å²) in [5.74, 6) is 2.77. The third-order valence-electron chi connectivity index (χ3n) is 2.85. The van der Waals surface area contributed by atoms with Gasteiger partial charge in [0.15, 0.2) is 0 Å². The maximum atomic E-state index is 5.92. The zero-order valence-electron chi connectivity index (χ0n) is 11.1. The summed E-state index contributed by atoms with van der Waals surface area (Å²) in [5.41, 5.74) is 1.22. The highest BCUT2D eigenvalue weighted by molar-refractivity contribution is 9.10. The summed E-state index contributed by atoms with van der Waals surface area (Å²) >= 11 is 9.37. The van der Waals surface area contributed by atoms with E-state index in [4.69, 9.17) is 11.6 Å². The largest absolute Gasteiger partial charge is 0.313 e. The second-order valence-electron chi connectivity index (χ2n) is 4.97. The van der Waals surface area contributed by atoms with Crippen LogP contribution in [0.15, 0.2) is 28.7 Å². The van der Waals surface area contributed by atoms with Gasteiger partial charge in [-0.15, -0.1) is 21.8 Å². The first kappa shape index (κ1) is 14.5. The van der Waals surface area contributed by atoms with E-state index in [-0.39, 0.29) is 0 Å². The van der Waals surface area contributed by atoms with E-state index in [1.54, 1.807) is 0 Å². The fourth-order valence-electron chi connectivity index (χ4n) is 1.96. The van der Waals surface area contributed by atoms with Crippen molar-refractivity contribution in [2.75, 3.05) is 0 Å². The Bertz CT molecular complexity index is 534. The minimum atomic E-state index is 0.403. The van der Waals surface area contributed by atoms with E-state index in [1.165, 1.54) is 5.56 Å². The van der Waals surface area contributed by atoms with Gasteiger partial charge in [0.1, 0.15) is 11.6 Å². The normalized spacial score (nSPS) is 11.2. The van der Waals surface area contributed by atoms with E-state index in [0.717, 1.165) is 29.1 Å². The predicted octanol–water partition coefficient (Wildman–Crippen LogP) is 4.03. The SMILES string of the molecule is CC(C)Cn1c(CCl)nnc1Cc1ccc(Br)cc1. The average Bonchev–Trinajstić information content (AvgIpc) is 2.74. The molecule has 0 radical (unpaired) electrons. The second kappa shape index (κ2) is 6.53. The van der Waals surface area contributed by atoms with Gasteiger partial charge in [-0.3, -0.25) is 0 Å². The quantitative estimate of drug-likeness (QED) is 0.768. The van der Waals surface area contributed by atoms with Gasteiger partial charge in [-0.05, 0) is 23.6 Å². The molecule has 2 aromatic rings. The molecule has 3 nitrogen and oxygen atoms in total. The van der Waals surface area contributed by atoms with Crippen molar-refractivity contribution in [1.29, 1.82) is 0 Å². The number of rotatable bonds is 5. The second-order valence-corrected chi connectivity index (χ2v) is 6.16. The maximum Gasteiger partial charge on any atom is 0.147 e. The summed E-state index contributed by atoms with van der Waals surface area (Å²) in [7, 11) is 0. The van der Waals surface area contributed by atoms with Gasteiger partial charge in [0.25, 0.3) is 0 Å². The van der Waals surface area contributed by atoms with E-state index in [9.17, 15) is 0 Å². The number of nitrogens with zero attached hydrogens (tertiary/aromatic N) is 3. The van der Waals surface area contributed by atoms with Crippen LogP contribution in [0.3, 0.4) is 0 Å². The van der Waals surface area contributed by atoms with Crippen LogP contribution in [-0.4, -0.2) is 14.8 Å². The summed E-state index contributed by atoms with van der Waals surface area (Å²) in [4.78, 5) is 0. The molecule has 0 unspecified atom stereocenters. The van der Waals surface area contributed by atoms with Crippen molar-refractivity contribution in [2.24, 2.45) is 5.92 Å². The van der Waals surface area contributed by atoms with Gasteiger partial charge in [0, 0.05) is 17.4 Å². The Balaban J connectivity index is 2.24. The van der Waals surface area contributed by atoms with E-state index in [0.29, 0.717) is 11.8 Å². The lowest BCUT2D eigenvalue weighted by molar-refractivity contribution is 0.499. The lowest BCUT2D eigenvalue weighted by Crippen LogP contribution is -2.11. The summed E-state index contributed by atoms with van der Waals surface area (Å²) in [6.07, 6.45) is 0.782. The first-order valence-corrected chi connectivity index (χ1v) is 7.64. The molecule has 0 aliphatic heterocycles. The standard InChI is InChI=1S/C14H17BrClN3/c1-10(2)9-19-13(17-18-14(19)8-16)7-11-3-5-12(15)6-4-11/h3-6,10H,7-9H2,1-2H3. The van der Waals surface area contributed by atoms with Crippen molar-refractivity contribution >= 4 is 27.5 Å². The van der Waals surface area contributed by atoms with Crippen LogP contribution in [-0.2, 0) is 18.8 Å². The number of hydrogen-bond acceptors (Lipinski definition) is 2. The molecule has 5 heteroatoms. The molecule has 0 aliphatic carbocycles. The molecule has 0 fully saturated rings. The Morgan fingerprint density at radius 2 is 1.79 bits per heavy atom. The molecule has 0 spiro atoms. The van der Waals surface area contributed by atoms with E-state index in [2.05, 4.69) is 56.7 Å². The highest BCUT2D eigenvalue weighted by atomic mass is 79.9. The molecule has 1 heterocycles. The van der Waals surface area contributed by atoms with Gasteiger partial charge in [-0.25, -0.2) is 0 Å². The Morgan fingerprint density at radius 1 is 1.16 bits per heavy atom. The number of hydrogen-bond donors (Lipinski definition) is 0. The van der Waals surface area contributed by atoms with Crippen LogP contribution >= 0.6 is 27.5 Å². The molecule has 0 N–H and O–H groups in total. The van der Waals surface area contributed by atoms with Crippen molar-refractivity contribution in [2.45, 2.75) is 32.7 Å². The molecule has 1 aromatic carbocycles. The summed E-state index contributed by atoms with van der Waals surface area (Å²) in [6.45, 7) is 5.27. The molecule has 102 valence electrons. The number of aromatic nitrogens is 3. The van der Waals surface area contributed by atoms with Gasteiger partial charge in [0.05, 0.1) is 5.88 Å². The van der Waals surface area contributed by atoms with Gasteiger partial charge in [-0.2, -0.15) is 0 Å². The molecule has 0 atom stereocenters. The van der Waals surface area contributed by atoms with Crippen LogP contribution in [0, 0.1) is 5.92 Å². The monoisotopic (exact) mass is 341 g/mol. The van der Waals surface area contributed by atoms with Gasteiger partial charge < -0.3 is 4.57 Å². The topological polar surface area (TPSA) is 30.7 Å². The molecule has 0 bridgehead atoms. The fourth-order valence-corrected chi connectivity index (χ4v) is 2.42. The van der Waals surface area contributed by atoms with Crippen molar-refractivity contribution in [3.63, 3.8) is 0 Å². The molecule has 0 amide bonds. The van der Waals surface area contributed by atoms with Crippen molar-refractivity contribution in [3.05, 3.63) is 46.0 Å². The fraction of sp³-hybridized carbons (Fsp3) is 0.429. The first-order chi connectivity index (χ1) is 9.10. The Hall–Kier alpha value is -0.870.